The van der Waals surface area contributed by atoms with E-state index >= 15 is 0 Å². The highest BCUT2D eigenvalue weighted by molar-refractivity contribution is 5.24. The fourth-order valence-corrected chi connectivity index (χ4v) is 3.01. The van der Waals surface area contributed by atoms with Crippen LogP contribution in [0.1, 0.15) is 39.7 Å². The number of ether oxygens (including phenoxy) is 1. The van der Waals surface area contributed by atoms with E-state index in [0.717, 1.165) is 0 Å². The number of rotatable bonds is 2. The van der Waals surface area contributed by atoms with E-state index in [-0.39, 0.29) is 12.0 Å². The Balaban J connectivity index is 2.37. The van der Waals surface area contributed by atoms with Gasteiger partial charge in [0.15, 0.2) is 0 Å². The second kappa shape index (κ2) is 4.25. The lowest BCUT2D eigenvalue weighted by atomic mass is 9.78. The number of halogens is 2. The third-order valence-electron chi connectivity index (χ3n) is 3.90. The SMILES string of the molecule is CC1(C)CC(O)(Cc2c(F)cccc2F)C(C)(C)O1. The van der Waals surface area contributed by atoms with Crippen LogP contribution < -0.4 is 0 Å². The van der Waals surface area contributed by atoms with E-state index in [1.54, 1.807) is 13.8 Å². The third-order valence-corrected chi connectivity index (χ3v) is 3.90. The Bertz CT molecular complexity index is 477. The van der Waals surface area contributed by atoms with Gasteiger partial charge in [-0.05, 0) is 39.8 Å². The summed E-state index contributed by atoms with van der Waals surface area (Å²) in [5.41, 5.74) is -2.75. The number of hydrogen-bond acceptors (Lipinski definition) is 2. The summed E-state index contributed by atoms with van der Waals surface area (Å²) in [5.74, 6) is -1.26. The molecular formula is C15H20F2O2. The summed E-state index contributed by atoms with van der Waals surface area (Å²) in [5, 5.41) is 10.8. The van der Waals surface area contributed by atoms with Crippen LogP contribution in [0.4, 0.5) is 8.78 Å². The molecule has 1 atom stereocenters. The topological polar surface area (TPSA) is 29.5 Å². The molecule has 0 aromatic heterocycles. The Morgan fingerprint density at radius 3 is 2.11 bits per heavy atom. The van der Waals surface area contributed by atoms with Crippen LogP contribution in [0.2, 0.25) is 0 Å². The molecule has 0 amide bonds. The fraction of sp³-hybridized carbons (Fsp3) is 0.600. The van der Waals surface area contributed by atoms with Gasteiger partial charge in [-0.1, -0.05) is 6.07 Å². The Labute approximate surface area is 112 Å². The Kier molecular flexibility index (Phi) is 3.22. The minimum Gasteiger partial charge on any atom is -0.386 e. The summed E-state index contributed by atoms with van der Waals surface area (Å²) in [7, 11) is 0. The smallest absolute Gasteiger partial charge is 0.129 e. The molecule has 106 valence electrons. The second-order valence-corrected chi connectivity index (χ2v) is 6.46. The van der Waals surface area contributed by atoms with Crippen molar-refractivity contribution in [1.82, 2.24) is 0 Å². The minimum atomic E-state index is -1.29. The van der Waals surface area contributed by atoms with Crippen LogP contribution >= 0.6 is 0 Å². The molecule has 1 saturated heterocycles. The quantitative estimate of drug-likeness (QED) is 0.894. The van der Waals surface area contributed by atoms with Gasteiger partial charge in [-0.2, -0.15) is 0 Å². The summed E-state index contributed by atoms with van der Waals surface area (Å²) in [6.07, 6.45) is 0.239. The van der Waals surface area contributed by atoms with Crippen molar-refractivity contribution in [3.63, 3.8) is 0 Å². The summed E-state index contributed by atoms with van der Waals surface area (Å²) in [6, 6.07) is 3.73. The lowest BCUT2D eigenvalue weighted by Gasteiger charge is -2.35. The molecule has 0 aliphatic carbocycles. The second-order valence-electron chi connectivity index (χ2n) is 6.46. The van der Waals surface area contributed by atoms with Crippen LogP contribution in [0.25, 0.3) is 0 Å². The Morgan fingerprint density at radius 2 is 1.68 bits per heavy atom. The van der Waals surface area contributed by atoms with Gasteiger partial charge in [0.2, 0.25) is 0 Å². The molecule has 2 nitrogen and oxygen atoms in total. The number of aliphatic hydroxyl groups is 1. The maximum Gasteiger partial charge on any atom is 0.129 e. The van der Waals surface area contributed by atoms with Crippen LogP contribution in [0.3, 0.4) is 0 Å². The first kappa shape index (κ1) is 14.4. The summed E-state index contributed by atoms with van der Waals surface area (Å²) in [6.45, 7) is 7.23. The predicted octanol–water partition coefficient (Wildman–Crippen LogP) is 3.22. The van der Waals surface area contributed by atoms with E-state index in [9.17, 15) is 13.9 Å². The monoisotopic (exact) mass is 270 g/mol. The van der Waals surface area contributed by atoms with Gasteiger partial charge in [-0.3, -0.25) is 0 Å². The predicted molar refractivity (Wildman–Crippen MR) is 68.9 cm³/mol. The molecule has 4 heteroatoms. The van der Waals surface area contributed by atoms with E-state index < -0.39 is 28.4 Å². The molecule has 0 spiro atoms. The molecule has 2 rings (SSSR count). The van der Waals surface area contributed by atoms with Crippen molar-refractivity contribution >= 4 is 0 Å². The zero-order chi connectivity index (χ0) is 14.5. The molecule has 1 aromatic carbocycles. The molecule has 1 unspecified atom stereocenters. The molecular weight excluding hydrogens is 250 g/mol. The average molecular weight is 270 g/mol. The van der Waals surface area contributed by atoms with E-state index in [4.69, 9.17) is 4.74 Å². The molecule has 1 aliphatic rings. The van der Waals surface area contributed by atoms with Crippen LogP contribution in [-0.2, 0) is 11.2 Å². The highest BCUT2D eigenvalue weighted by atomic mass is 19.1. The first-order chi connectivity index (χ1) is 8.56. The van der Waals surface area contributed by atoms with Crippen molar-refractivity contribution in [3.8, 4) is 0 Å². The lowest BCUT2D eigenvalue weighted by molar-refractivity contribution is -0.126. The van der Waals surface area contributed by atoms with Gasteiger partial charge in [0.05, 0.1) is 16.8 Å². The number of hydrogen-bond donors (Lipinski definition) is 1. The highest BCUT2D eigenvalue weighted by Crippen LogP contribution is 2.46. The van der Waals surface area contributed by atoms with Crippen LogP contribution in [0.15, 0.2) is 18.2 Å². The first-order valence-electron chi connectivity index (χ1n) is 6.42. The Hall–Kier alpha value is -1.00. The Morgan fingerprint density at radius 1 is 1.16 bits per heavy atom. The van der Waals surface area contributed by atoms with Gasteiger partial charge in [0.25, 0.3) is 0 Å². The maximum atomic E-state index is 13.7. The maximum absolute atomic E-state index is 13.7. The van der Waals surface area contributed by atoms with Crippen LogP contribution in [0.5, 0.6) is 0 Å². The lowest BCUT2D eigenvalue weighted by Crippen LogP contribution is -2.48. The largest absolute Gasteiger partial charge is 0.386 e. The zero-order valence-corrected chi connectivity index (χ0v) is 11.8. The summed E-state index contributed by atoms with van der Waals surface area (Å²) >= 11 is 0. The summed E-state index contributed by atoms with van der Waals surface area (Å²) < 4.78 is 33.3. The normalized spacial score (nSPS) is 28.6. The zero-order valence-electron chi connectivity index (χ0n) is 11.8. The standard InChI is InChI=1S/C15H20F2O2/c1-13(2)9-15(18,14(3,4)19-13)8-10-11(16)6-5-7-12(10)17/h5-7,18H,8-9H2,1-4H3. The molecule has 0 radical (unpaired) electrons. The van der Waals surface area contributed by atoms with Crippen LogP contribution in [-0.4, -0.2) is 21.9 Å². The van der Waals surface area contributed by atoms with E-state index in [2.05, 4.69) is 0 Å². The van der Waals surface area contributed by atoms with Gasteiger partial charge in [-0.15, -0.1) is 0 Å². The molecule has 1 aliphatic heterocycles. The van der Waals surface area contributed by atoms with E-state index in [1.807, 2.05) is 13.8 Å². The molecule has 0 saturated carbocycles. The highest BCUT2D eigenvalue weighted by Gasteiger charge is 2.56. The van der Waals surface area contributed by atoms with Crippen LogP contribution in [0, 0.1) is 11.6 Å². The van der Waals surface area contributed by atoms with Crippen molar-refractivity contribution in [3.05, 3.63) is 35.4 Å². The third kappa shape index (κ3) is 2.51. The summed E-state index contributed by atoms with van der Waals surface area (Å²) in [4.78, 5) is 0. The van der Waals surface area contributed by atoms with Gasteiger partial charge in [0, 0.05) is 18.4 Å². The van der Waals surface area contributed by atoms with Crippen molar-refractivity contribution in [2.45, 2.75) is 57.3 Å². The van der Waals surface area contributed by atoms with E-state index in [1.165, 1.54) is 18.2 Å². The van der Waals surface area contributed by atoms with E-state index in [0.29, 0.717) is 6.42 Å². The van der Waals surface area contributed by atoms with Gasteiger partial charge in [0.1, 0.15) is 11.6 Å². The molecule has 19 heavy (non-hydrogen) atoms. The molecule has 1 aromatic rings. The molecule has 1 heterocycles. The number of benzene rings is 1. The van der Waals surface area contributed by atoms with Crippen molar-refractivity contribution in [1.29, 1.82) is 0 Å². The fourth-order valence-electron chi connectivity index (χ4n) is 3.01. The minimum absolute atomic E-state index is 0.0839. The molecule has 1 fully saturated rings. The van der Waals surface area contributed by atoms with Gasteiger partial charge >= 0.3 is 0 Å². The average Bonchev–Trinajstić information content (AvgIpc) is 2.37. The molecule has 0 bridgehead atoms. The van der Waals surface area contributed by atoms with Crippen molar-refractivity contribution in [2.75, 3.05) is 0 Å². The van der Waals surface area contributed by atoms with Gasteiger partial charge < -0.3 is 9.84 Å². The van der Waals surface area contributed by atoms with Crippen molar-refractivity contribution in [2.24, 2.45) is 0 Å². The first-order valence-corrected chi connectivity index (χ1v) is 6.42. The molecule has 1 N–H and O–H groups in total. The van der Waals surface area contributed by atoms with Crippen molar-refractivity contribution < 1.29 is 18.6 Å². The van der Waals surface area contributed by atoms with Gasteiger partial charge in [-0.25, -0.2) is 8.78 Å².